The Morgan fingerprint density at radius 3 is 1.60 bits per heavy atom. The quantitative estimate of drug-likeness (QED) is 0.145. The SMILES string of the molecule is O=C(Nc1ccc([C@H]2CNCCO2)cc1)c1cnn(-c2ccc(C(F)(F)F)cc2)n1.O=C(Nc1ccc([C@H]2CNCCO2)cc1)c1cnn(-c2cccc(F)c2)n1. The first-order chi connectivity index (χ1) is 27.6. The Kier molecular flexibility index (Phi) is 12.0. The molecule has 0 bridgehead atoms. The zero-order chi connectivity index (χ0) is 39.8. The molecule has 0 saturated carbocycles. The molecule has 14 nitrogen and oxygen atoms in total. The molecule has 2 fully saturated rings. The van der Waals surface area contributed by atoms with Crippen LogP contribution in [-0.4, -0.2) is 81.2 Å². The molecule has 2 atom stereocenters. The largest absolute Gasteiger partial charge is 0.416 e. The fraction of sp³-hybridized carbons (Fsp3) is 0.231. The Morgan fingerprint density at radius 1 is 0.667 bits per heavy atom. The van der Waals surface area contributed by atoms with E-state index in [0.717, 1.165) is 54.2 Å². The van der Waals surface area contributed by atoms with E-state index in [1.807, 2.05) is 36.4 Å². The lowest BCUT2D eigenvalue weighted by Gasteiger charge is -2.24. The van der Waals surface area contributed by atoms with E-state index >= 15 is 0 Å². The number of aromatic nitrogens is 6. The molecule has 18 heteroatoms. The summed E-state index contributed by atoms with van der Waals surface area (Å²) in [4.78, 5) is 27.1. The van der Waals surface area contributed by atoms with Crippen molar-refractivity contribution < 1.29 is 36.6 Å². The first kappa shape index (κ1) is 38.9. The summed E-state index contributed by atoms with van der Waals surface area (Å²) in [5.74, 6) is -1.26. The number of rotatable bonds is 8. The number of benzene rings is 4. The molecule has 4 heterocycles. The summed E-state index contributed by atoms with van der Waals surface area (Å²) in [6.07, 6.45) is -1.82. The average molecular weight is 785 g/mol. The third kappa shape index (κ3) is 10.1. The number of carbonyl (C=O) groups is 2. The lowest BCUT2D eigenvalue weighted by molar-refractivity contribution is -0.137. The molecule has 2 saturated heterocycles. The van der Waals surface area contributed by atoms with Crippen molar-refractivity contribution in [2.45, 2.75) is 18.4 Å². The highest BCUT2D eigenvalue weighted by molar-refractivity contribution is 6.03. The number of amides is 2. The monoisotopic (exact) mass is 784 g/mol. The number of alkyl halides is 3. The molecule has 2 aromatic heterocycles. The van der Waals surface area contributed by atoms with Crippen LogP contribution in [0.2, 0.25) is 0 Å². The van der Waals surface area contributed by atoms with E-state index in [-0.39, 0.29) is 29.5 Å². The van der Waals surface area contributed by atoms with E-state index in [0.29, 0.717) is 36.0 Å². The van der Waals surface area contributed by atoms with Gasteiger partial charge >= 0.3 is 6.18 Å². The number of ether oxygens (including phenoxy) is 2. The lowest BCUT2D eigenvalue weighted by Crippen LogP contribution is -2.33. The topological polar surface area (TPSA) is 162 Å². The van der Waals surface area contributed by atoms with Crippen LogP contribution in [0.4, 0.5) is 28.9 Å². The van der Waals surface area contributed by atoms with E-state index in [2.05, 4.69) is 41.7 Å². The fourth-order valence-electron chi connectivity index (χ4n) is 5.88. The van der Waals surface area contributed by atoms with E-state index in [1.54, 1.807) is 24.3 Å². The maximum absolute atomic E-state index is 13.3. The zero-order valence-corrected chi connectivity index (χ0v) is 30.1. The molecule has 0 aliphatic carbocycles. The standard InChI is InChI=1S/C20H18F3N5O2.C19H18FN5O2/c21-20(22,23)14-3-7-16(8-4-14)28-25-11-17(27-28)19(29)26-15-5-1-13(2-6-15)18-12-24-9-10-30-18;20-14-2-1-3-16(10-14)25-22-11-17(24-25)19(26)23-15-6-4-13(5-7-15)18-12-21-8-9-27-18/h1-8,11,18,24H,9-10,12H2,(H,26,29);1-7,10-11,18,21H,8-9,12H2,(H,23,26)/t2*18-/m11/s1. The normalized spacial score (nSPS) is 16.9. The first-order valence-corrected chi connectivity index (χ1v) is 17.8. The Labute approximate surface area is 323 Å². The molecule has 6 aromatic rings. The molecule has 2 amide bonds. The van der Waals surface area contributed by atoms with Crippen LogP contribution in [-0.2, 0) is 15.7 Å². The third-order valence-electron chi connectivity index (χ3n) is 8.85. The van der Waals surface area contributed by atoms with Crippen LogP contribution >= 0.6 is 0 Å². The Hall–Kier alpha value is -6.34. The second-order valence-corrected chi connectivity index (χ2v) is 12.8. The van der Waals surface area contributed by atoms with Crippen molar-refractivity contribution in [1.29, 1.82) is 0 Å². The second-order valence-electron chi connectivity index (χ2n) is 12.8. The van der Waals surface area contributed by atoms with Gasteiger partial charge in [0.05, 0.1) is 54.8 Å². The Morgan fingerprint density at radius 2 is 1.16 bits per heavy atom. The highest BCUT2D eigenvalue weighted by Crippen LogP contribution is 2.29. The number of morpholine rings is 2. The number of hydrogen-bond donors (Lipinski definition) is 4. The highest BCUT2D eigenvalue weighted by atomic mass is 19.4. The van der Waals surface area contributed by atoms with E-state index < -0.39 is 23.5 Å². The van der Waals surface area contributed by atoms with Crippen LogP contribution in [0, 0.1) is 5.82 Å². The first-order valence-electron chi connectivity index (χ1n) is 17.8. The van der Waals surface area contributed by atoms with Crippen LogP contribution in [0.5, 0.6) is 0 Å². The molecule has 4 aromatic carbocycles. The molecule has 0 radical (unpaired) electrons. The van der Waals surface area contributed by atoms with Crippen molar-refractivity contribution in [1.82, 2.24) is 40.6 Å². The van der Waals surface area contributed by atoms with Crippen molar-refractivity contribution >= 4 is 23.2 Å². The van der Waals surface area contributed by atoms with Crippen LogP contribution in [0.1, 0.15) is 49.9 Å². The minimum Gasteiger partial charge on any atom is -0.371 e. The number of carbonyl (C=O) groups excluding carboxylic acids is 2. The minimum absolute atomic E-state index is 0.0212. The van der Waals surface area contributed by atoms with E-state index in [9.17, 15) is 27.2 Å². The van der Waals surface area contributed by atoms with Crippen molar-refractivity contribution in [3.63, 3.8) is 0 Å². The summed E-state index contributed by atoms with van der Waals surface area (Å²) in [5.41, 5.74) is 3.46. The summed E-state index contributed by atoms with van der Waals surface area (Å²) >= 11 is 0. The minimum atomic E-state index is -4.42. The zero-order valence-electron chi connectivity index (χ0n) is 30.1. The van der Waals surface area contributed by atoms with Crippen LogP contribution in [0.25, 0.3) is 11.4 Å². The number of hydrogen-bond acceptors (Lipinski definition) is 10. The molecule has 4 N–H and O–H groups in total. The van der Waals surface area contributed by atoms with E-state index in [1.165, 1.54) is 41.5 Å². The smallest absolute Gasteiger partial charge is 0.371 e. The molecule has 294 valence electrons. The van der Waals surface area contributed by atoms with Gasteiger partial charge in [-0.25, -0.2) is 4.39 Å². The predicted molar refractivity (Wildman–Crippen MR) is 200 cm³/mol. The Bertz CT molecular complexity index is 2270. The molecule has 2 aliphatic rings. The van der Waals surface area contributed by atoms with Crippen molar-refractivity contribution in [3.8, 4) is 11.4 Å². The van der Waals surface area contributed by atoms with E-state index in [4.69, 9.17) is 9.47 Å². The Balaban J connectivity index is 0.000000175. The maximum Gasteiger partial charge on any atom is 0.416 e. The molecular weight excluding hydrogens is 748 g/mol. The summed E-state index contributed by atoms with van der Waals surface area (Å²) in [7, 11) is 0. The highest BCUT2D eigenvalue weighted by Gasteiger charge is 2.30. The summed E-state index contributed by atoms with van der Waals surface area (Å²) in [6, 6.07) is 25.0. The number of nitrogens with one attached hydrogen (secondary N) is 4. The second kappa shape index (κ2) is 17.6. The van der Waals surface area contributed by atoms with Crippen molar-refractivity contribution in [2.24, 2.45) is 0 Å². The molecule has 8 rings (SSSR count). The molecule has 0 spiro atoms. The van der Waals surface area contributed by atoms with Gasteiger partial charge in [-0.3, -0.25) is 9.59 Å². The number of nitrogens with zero attached hydrogens (tertiary/aromatic N) is 6. The molecule has 57 heavy (non-hydrogen) atoms. The molecular formula is C39H36F4N10O4. The summed E-state index contributed by atoms with van der Waals surface area (Å²) < 4.78 is 62.7. The maximum atomic E-state index is 13.3. The molecule has 0 unspecified atom stereocenters. The van der Waals surface area contributed by atoms with Gasteiger partial charge in [-0.05, 0) is 71.8 Å². The van der Waals surface area contributed by atoms with Gasteiger partial charge in [0, 0.05) is 43.6 Å². The predicted octanol–water partition coefficient (Wildman–Crippen LogP) is 5.52. The molecule has 2 aliphatic heterocycles. The van der Waals surface area contributed by atoms with Crippen molar-refractivity contribution in [3.05, 3.63) is 143 Å². The van der Waals surface area contributed by atoms with Crippen LogP contribution in [0.3, 0.4) is 0 Å². The van der Waals surface area contributed by atoms with Gasteiger partial charge in [0.2, 0.25) is 0 Å². The number of halogens is 4. The average Bonchev–Trinajstić information content (AvgIpc) is 3.94. The number of anilines is 2. The van der Waals surface area contributed by atoms with Gasteiger partial charge in [0.1, 0.15) is 5.82 Å². The van der Waals surface area contributed by atoms with Gasteiger partial charge in [0.25, 0.3) is 11.8 Å². The van der Waals surface area contributed by atoms with Gasteiger partial charge in [-0.1, -0.05) is 30.3 Å². The van der Waals surface area contributed by atoms with Gasteiger partial charge in [-0.15, -0.1) is 10.2 Å². The fourth-order valence-corrected chi connectivity index (χ4v) is 5.88. The lowest BCUT2D eigenvalue weighted by atomic mass is 10.1. The van der Waals surface area contributed by atoms with Crippen molar-refractivity contribution in [2.75, 3.05) is 50.0 Å². The summed E-state index contributed by atoms with van der Waals surface area (Å²) in [5, 5.41) is 28.2. The van der Waals surface area contributed by atoms with Gasteiger partial charge in [0.15, 0.2) is 11.4 Å². The third-order valence-corrected chi connectivity index (χ3v) is 8.85. The van der Waals surface area contributed by atoms with Crippen LogP contribution in [0.15, 0.2) is 109 Å². The van der Waals surface area contributed by atoms with Gasteiger partial charge < -0.3 is 30.7 Å². The van der Waals surface area contributed by atoms with Gasteiger partial charge in [-0.2, -0.15) is 33.0 Å². The summed E-state index contributed by atoms with van der Waals surface area (Å²) in [6.45, 7) is 4.54. The van der Waals surface area contributed by atoms with Crippen LogP contribution < -0.4 is 21.3 Å².